The van der Waals surface area contributed by atoms with E-state index >= 15 is 0 Å². The summed E-state index contributed by atoms with van der Waals surface area (Å²) in [5, 5.41) is 0. The molecule has 7 heteroatoms. The Bertz CT molecular complexity index is 529. The van der Waals surface area contributed by atoms with Crippen LogP contribution in [0.5, 0.6) is 0 Å². The van der Waals surface area contributed by atoms with Crippen molar-refractivity contribution in [3.8, 4) is 0 Å². The fraction of sp³-hybridized carbons (Fsp3) is 0.964. The fourth-order valence-corrected chi connectivity index (χ4v) is 5.41. The number of rotatable bonds is 27. The van der Waals surface area contributed by atoms with Gasteiger partial charge < -0.3 is 23.8 Å². The predicted octanol–water partition coefficient (Wildman–Crippen LogP) is 7.62. The van der Waals surface area contributed by atoms with Gasteiger partial charge in [-0.25, -0.2) is 0 Å². The van der Waals surface area contributed by atoms with Gasteiger partial charge in [-0.3, -0.25) is 4.57 Å². The molecule has 6 nitrogen and oxygen atoms in total. The van der Waals surface area contributed by atoms with Gasteiger partial charge in [0.05, 0.1) is 19.4 Å². The molecule has 1 N–H and O–H groups in total. The van der Waals surface area contributed by atoms with E-state index in [0.29, 0.717) is 26.2 Å². The number of ketones is 1. The van der Waals surface area contributed by atoms with Crippen LogP contribution in [0.15, 0.2) is 0 Å². The van der Waals surface area contributed by atoms with Gasteiger partial charge in [0.15, 0.2) is 0 Å². The molecular weight excluding hydrogens is 461 g/mol. The fourth-order valence-electron chi connectivity index (χ4n) is 4.19. The summed E-state index contributed by atoms with van der Waals surface area (Å²) < 4.78 is 23.2. The van der Waals surface area contributed by atoms with E-state index < -0.39 is 7.60 Å². The molecule has 0 heterocycles. The smallest absolute Gasteiger partial charge is 0.329 e. The Morgan fingerprint density at radius 3 is 1.69 bits per heavy atom. The summed E-state index contributed by atoms with van der Waals surface area (Å²) in [6.45, 7) is 5.45. The molecule has 0 aliphatic rings. The molecule has 0 radical (unpaired) electrons. The van der Waals surface area contributed by atoms with E-state index in [-0.39, 0.29) is 24.5 Å². The van der Waals surface area contributed by atoms with Crippen molar-refractivity contribution in [2.24, 2.45) is 5.92 Å². The molecule has 0 aromatic rings. The third-order valence-electron chi connectivity index (χ3n) is 6.41. The van der Waals surface area contributed by atoms with Gasteiger partial charge in [0.25, 0.3) is 0 Å². The summed E-state index contributed by atoms with van der Waals surface area (Å²) in [4.78, 5) is 23.3. The number of hydrogen-bond acceptors (Lipinski definition) is 5. The summed E-state index contributed by atoms with van der Waals surface area (Å²) >= 11 is 0. The highest BCUT2D eigenvalue weighted by atomic mass is 31.2. The molecule has 2 atom stereocenters. The Morgan fingerprint density at radius 1 is 0.800 bits per heavy atom. The minimum Gasteiger partial charge on any atom is -0.381 e. The zero-order valence-corrected chi connectivity index (χ0v) is 24.5. The van der Waals surface area contributed by atoms with E-state index in [9.17, 15) is 14.3 Å². The first-order valence-electron chi connectivity index (χ1n) is 14.4. The van der Waals surface area contributed by atoms with Gasteiger partial charge in [0.1, 0.15) is 5.78 Å². The van der Waals surface area contributed by atoms with Crippen LogP contribution in [-0.2, 0) is 18.6 Å². The number of carbonyl (C=O) groups is 1. The Hall–Kier alpha value is -0.260. The van der Waals surface area contributed by atoms with Gasteiger partial charge in [-0.1, -0.05) is 103 Å². The third kappa shape index (κ3) is 26.6. The van der Waals surface area contributed by atoms with Crippen LogP contribution < -0.4 is 0 Å². The summed E-state index contributed by atoms with van der Waals surface area (Å²) in [5.74, 6) is -0.126. The average molecular weight is 520 g/mol. The highest BCUT2D eigenvalue weighted by molar-refractivity contribution is 7.52. The Morgan fingerprint density at radius 2 is 1.26 bits per heavy atom. The first-order valence-corrected chi connectivity index (χ1v) is 16.2. The molecule has 0 saturated carbocycles. The normalized spacial score (nSPS) is 14.3. The highest BCUT2D eigenvalue weighted by Crippen LogP contribution is 2.42. The lowest BCUT2D eigenvalue weighted by molar-refractivity contribution is -0.118. The number of nitrogens with zero attached hydrogens (tertiary/aromatic N) is 1. The quantitative estimate of drug-likeness (QED) is 0.0888. The van der Waals surface area contributed by atoms with Gasteiger partial charge in [-0.15, -0.1) is 0 Å². The molecule has 0 aromatic carbocycles. The molecule has 210 valence electrons. The molecule has 0 amide bonds. The zero-order valence-electron chi connectivity index (χ0n) is 23.6. The van der Waals surface area contributed by atoms with Gasteiger partial charge in [0, 0.05) is 25.5 Å². The first-order chi connectivity index (χ1) is 16.8. The van der Waals surface area contributed by atoms with E-state index in [4.69, 9.17) is 9.26 Å². The molecule has 0 aromatic heterocycles. The van der Waals surface area contributed by atoms with Gasteiger partial charge in [-0.2, -0.15) is 0 Å². The summed E-state index contributed by atoms with van der Waals surface area (Å²) in [7, 11) is 0.0739. The Kier molecular flexibility index (Phi) is 23.9. The lowest BCUT2D eigenvalue weighted by atomic mass is 10.0. The van der Waals surface area contributed by atoms with Gasteiger partial charge in [-0.05, 0) is 27.4 Å². The molecule has 0 rings (SSSR count). The maximum atomic E-state index is 12.1. The molecule has 0 saturated heterocycles. The molecule has 0 bridgehead atoms. The number of carbonyl (C=O) groups excluding carboxylic acids is 1. The lowest BCUT2D eigenvalue weighted by Crippen LogP contribution is -2.21. The first kappa shape index (κ1) is 34.7. The van der Waals surface area contributed by atoms with Crippen molar-refractivity contribution in [1.82, 2.24) is 4.90 Å². The van der Waals surface area contributed by atoms with Crippen LogP contribution in [0, 0.1) is 5.92 Å². The minimum absolute atomic E-state index is 0.0469. The molecular formula is C28H58NO5P. The Balaban J connectivity index is 3.62. The second kappa shape index (κ2) is 24.1. The van der Waals surface area contributed by atoms with Crippen LogP contribution in [0.3, 0.4) is 0 Å². The zero-order chi connectivity index (χ0) is 26.2. The van der Waals surface area contributed by atoms with Crippen LogP contribution >= 0.6 is 7.60 Å². The highest BCUT2D eigenvalue weighted by Gasteiger charge is 2.22. The molecule has 35 heavy (non-hydrogen) atoms. The van der Waals surface area contributed by atoms with Crippen LogP contribution in [0.2, 0.25) is 0 Å². The summed E-state index contributed by atoms with van der Waals surface area (Å²) in [6, 6.07) is 0. The number of ether oxygens (including phenoxy) is 1. The molecule has 0 aliphatic heterocycles. The minimum atomic E-state index is -3.63. The number of Topliss-reactive ketones (excluding diaryl/α,β-unsaturated/α-hetero) is 1. The number of hydrogen-bond donors (Lipinski definition) is 1. The monoisotopic (exact) mass is 519 g/mol. The van der Waals surface area contributed by atoms with E-state index in [1.54, 1.807) is 0 Å². The van der Waals surface area contributed by atoms with E-state index in [1.165, 1.54) is 103 Å². The van der Waals surface area contributed by atoms with Crippen molar-refractivity contribution in [3.63, 3.8) is 0 Å². The van der Waals surface area contributed by atoms with E-state index in [1.807, 2.05) is 19.0 Å². The van der Waals surface area contributed by atoms with Gasteiger partial charge in [0.2, 0.25) is 0 Å². The van der Waals surface area contributed by atoms with Crippen LogP contribution in [-0.4, -0.2) is 62.2 Å². The number of unbranched alkanes of at least 4 members (excludes halogenated alkanes) is 15. The van der Waals surface area contributed by atoms with Crippen molar-refractivity contribution < 1.29 is 23.5 Å². The average Bonchev–Trinajstić information content (AvgIpc) is 2.80. The SMILES string of the molecule is CCCCCCCCCCCCCCCCCCOCC(COP(=O)(O)CCN(C)C)CC(C)=O. The van der Waals surface area contributed by atoms with Crippen LogP contribution in [0.1, 0.15) is 123 Å². The van der Waals surface area contributed by atoms with E-state index in [2.05, 4.69) is 6.92 Å². The maximum absolute atomic E-state index is 12.1. The second-order valence-electron chi connectivity index (χ2n) is 10.6. The van der Waals surface area contributed by atoms with Crippen LogP contribution in [0.25, 0.3) is 0 Å². The second-order valence-corrected chi connectivity index (χ2v) is 12.6. The third-order valence-corrected chi connectivity index (χ3v) is 7.73. The topological polar surface area (TPSA) is 76.1 Å². The van der Waals surface area contributed by atoms with Crippen LogP contribution in [0.4, 0.5) is 0 Å². The maximum Gasteiger partial charge on any atom is 0.329 e. The predicted molar refractivity (Wildman–Crippen MR) is 148 cm³/mol. The van der Waals surface area contributed by atoms with Crippen molar-refractivity contribution in [2.45, 2.75) is 123 Å². The van der Waals surface area contributed by atoms with Crippen molar-refractivity contribution >= 4 is 13.4 Å². The molecule has 0 aliphatic carbocycles. The largest absolute Gasteiger partial charge is 0.381 e. The molecule has 2 unspecified atom stereocenters. The molecule has 0 fully saturated rings. The standard InChI is InChI=1S/C28H58NO5P/c1-5-6-7-8-9-10-11-12-13-14-15-16-17-18-19-20-22-33-25-28(24-27(2)30)26-34-35(31,32)23-21-29(3)4/h28H,5-26H2,1-4H3,(H,31,32). The summed E-state index contributed by atoms with van der Waals surface area (Å²) in [5.41, 5.74) is 0. The van der Waals surface area contributed by atoms with Gasteiger partial charge >= 0.3 is 7.60 Å². The van der Waals surface area contributed by atoms with Crippen molar-refractivity contribution in [1.29, 1.82) is 0 Å². The lowest BCUT2D eigenvalue weighted by Gasteiger charge is -2.19. The van der Waals surface area contributed by atoms with Crippen molar-refractivity contribution in [3.05, 3.63) is 0 Å². The van der Waals surface area contributed by atoms with Crippen molar-refractivity contribution in [2.75, 3.05) is 46.6 Å². The Labute approximate surface area is 217 Å². The van der Waals surface area contributed by atoms with E-state index in [0.717, 1.165) is 6.42 Å². The molecule has 0 spiro atoms. The summed E-state index contributed by atoms with van der Waals surface area (Å²) in [6.07, 6.45) is 21.9.